The van der Waals surface area contributed by atoms with Crippen LogP contribution in [0.4, 0.5) is 10.1 Å². The van der Waals surface area contributed by atoms with Crippen molar-refractivity contribution in [1.82, 2.24) is 10.3 Å². The van der Waals surface area contributed by atoms with Gasteiger partial charge in [0.2, 0.25) is 0 Å². The Morgan fingerprint density at radius 3 is 2.46 bits per heavy atom. The summed E-state index contributed by atoms with van der Waals surface area (Å²) < 4.78 is 12.9. The third-order valence-corrected chi connectivity index (χ3v) is 4.48. The number of anilines is 1. The Labute approximate surface area is 168 Å². The Hall–Kier alpha value is -2.92. The Morgan fingerprint density at radius 2 is 1.75 bits per heavy atom. The summed E-state index contributed by atoms with van der Waals surface area (Å²) in [6, 6.07) is 17.5. The topological polar surface area (TPSA) is 54.0 Å². The fraction of sp³-hybridized carbons (Fsp3) is 0.182. The monoisotopic (exact) mass is 397 g/mol. The van der Waals surface area contributed by atoms with Crippen molar-refractivity contribution >= 4 is 23.2 Å². The zero-order valence-electron chi connectivity index (χ0n) is 15.3. The van der Waals surface area contributed by atoms with E-state index in [0.717, 1.165) is 34.8 Å². The van der Waals surface area contributed by atoms with Crippen LogP contribution in [-0.2, 0) is 12.8 Å². The maximum Gasteiger partial charge on any atom is 0.269 e. The number of carbonyl (C=O) groups is 1. The number of hydrogen-bond acceptors (Lipinski definition) is 3. The van der Waals surface area contributed by atoms with Gasteiger partial charge in [-0.05, 0) is 60.4 Å². The van der Waals surface area contributed by atoms with Crippen molar-refractivity contribution < 1.29 is 9.18 Å². The van der Waals surface area contributed by atoms with Gasteiger partial charge < -0.3 is 10.6 Å². The number of benzene rings is 2. The van der Waals surface area contributed by atoms with Crippen LogP contribution in [0.3, 0.4) is 0 Å². The minimum Gasteiger partial charge on any atom is -0.383 e. The van der Waals surface area contributed by atoms with Crippen LogP contribution in [0.15, 0.2) is 66.9 Å². The summed E-state index contributed by atoms with van der Waals surface area (Å²) in [6.07, 6.45) is 3.12. The van der Waals surface area contributed by atoms with Gasteiger partial charge in [-0.1, -0.05) is 35.9 Å². The average Bonchev–Trinajstić information content (AvgIpc) is 2.70. The van der Waals surface area contributed by atoms with Crippen LogP contribution in [0.25, 0.3) is 0 Å². The molecule has 3 aromatic rings. The molecule has 0 saturated carbocycles. The SMILES string of the molecule is O=C(NCCc1ccc(F)cc1)c1ccc(NCCc2cccc(Cl)c2)cn1. The van der Waals surface area contributed by atoms with Crippen molar-refractivity contribution in [2.75, 3.05) is 18.4 Å². The minimum atomic E-state index is -0.266. The molecule has 0 aliphatic heterocycles. The zero-order chi connectivity index (χ0) is 19.8. The molecule has 0 spiro atoms. The van der Waals surface area contributed by atoms with E-state index in [-0.39, 0.29) is 11.7 Å². The normalized spacial score (nSPS) is 10.5. The number of rotatable bonds is 8. The predicted molar refractivity (Wildman–Crippen MR) is 110 cm³/mol. The molecule has 0 fully saturated rings. The molecule has 0 atom stereocenters. The smallest absolute Gasteiger partial charge is 0.269 e. The maximum absolute atomic E-state index is 12.9. The predicted octanol–water partition coefficient (Wildman–Crippen LogP) is 4.50. The molecule has 2 N–H and O–H groups in total. The van der Waals surface area contributed by atoms with E-state index in [9.17, 15) is 9.18 Å². The lowest BCUT2D eigenvalue weighted by molar-refractivity contribution is 0.0949. The molecule has 1 heterocycles. The highest BCUT2D eigenvalue weighted by Gasteiger charge is 2.06. The number of hydrogen-bond donors (Lipinski definition) is 2. The number of aromatic nitrogens is 1. The van der Waals surface area contributed by atoms with Crippen molar-refractivity contribution in [3.63, 3.8) is 0 Å². The summed E-state index contributed by atoms with van der Waals surface area (Å²) >= 11 is 5.98. The van der Waals surface area contributed by atoms with E-state index in [1.54, 1.807) is 24.4 Å². The molecule has 3 rings (SSSR count). The van der Waals surface area contributed by atoms with E-state index in [0.29, 0.717) is 18.7 Å². The summed E-state index contributed by atoms with van der Waals surface area (Å²) in [4.78, 5) is 16.4. The van der Waals surface area contributed by atoms with E-state index in [1.807, 2.05) is 30.3 Å². The molecule has 6 heteroatoms. The van der Waals surface area contributed by atoms with Gasteiger partial charge in [-0.25, -0.2) is 9.37 Å². The number of halogens is 2. The number of amides is 1. The van der Waals surface area contributed by atoms with Gasteiger partial charge in [0.15, 0.2) is 0 Å². The first kappa shape index (κ1) is 19.8. The summed E-state index contributed by atoms with van der Waals surface area (Å²) in [6.45, 7) is 1.21. The summed E-state index contributed by atoms with van der Waals surface area (Å²) in [7, 11) is 0. The molecule has 2 aromatic carbocycles. The van der Waals surface area contributed by atoms with Crippen molar-refractivity contribution in [2.24, 2.45) is 0 Å². The number of nitrogens with zero attached hydrogens (tertiary/aromatic N) is 1. The van der Waals surface area contributed by atoms with Crippen LogP contribution in [-0.4, -0.2) is 24.0 Å². The molecular formula is C22H21ClFN3O. The lowest BCUT2D eigenvalue weighted by Crippen LogP contribution is -2.26. The van der Waals surface area contributed by atoms with Crippen LogP contribution in [0, 0.1) is 5.82 Å². The summed E-state index contributed by atoms with van der Waals surface area (Å²) in [5.41, 5.74) is 3.34. The second-order valence-corrected chi connectivity index (χ2v) is 6.81. The quantitative estimate of drug-likeness (QED) is 0.588. The lowest BCUT2D eigenvalue weighted by Gasteiger charge is -2.08. The third-order valence-electron chi connectivity index (χ3n) is 4.24. The molecule has 1 aromatic heterocycles. The second kappa shape index (κ2) is 9.85. The van der Waals surface area contributed by atoms with Gasteiger partial charge in [-0.2, -0.15) is 0 Å². The van der Waals surface area contributed by atoms with Gasteiger partial charge in [0.25, 0.3) is 5.91 Å². The van der Waals surface area contributed by atoms with Gasteiger partial charge in [0.05, 0.1) is 11.9 Å². The molecule has 0 bridgehead atoms. The molecule has 0 radical (unpaired) electrons. The van der Waals surface area contributed by atoms with Gasteiger partial charge in [-0.3, -0.25) is 4.79 Å². The van der Waals surface area contributed by atoms with Crippen LogP contribution in [0.1, 0.15) is 21.6 Å². The molecule has 0 aliphatic carbocycles. The molecule has 28 heavy (non-hydrogen) atoms. The van der Waals surface area contributed by atoms with Gasteiger partial charge in [0, 0.05) is 18.1 Å². The van der Waals surface area contributed by atoms with Gasteiger partial charge in [-0.15, -0.1) is 0 Å². The molecule has 0 saturated heterocycles. The largest absolute Gasteiger partial charge is 0.383 e. The van der Waals surface area contributed by atoms with Gasteiger partial charge >= 0.3 is 0 Å². The van der Waals surface area contributed by atoms with E-state index >= 15 is 0 Å². The van der Waals surface area contributed by atoms with Crippen LogP contribution in [0.2, 0.25) is 5.02 Å². The Morgan fingerprint density at radius 1 is 0.964 bits per heavy atom. The first-order valence-electron chi connectivity index (χ1n) is 9.07. The maximum atomic E-state index is 12.9. The molecule has 1 amide bonds. The Kier molecular flexibility index (Phi) is 6.98. The van der Waals surface area contributed by atoms with Crippen molar-refractivity contribution in [2.45, 2.75) is 12.8 Å². The highest BCUT2D eigenvalue weighted by molar-refractivity contribution is 6.30. The van der Waals surface area contributed by atoms with Crippen LogP contribution < -0.4 is 10.6 Å². The molecule has 144 valence electrons. The fourth-order valence-corrected chi connectivity index (χ4v) is 2.95. The highest BCUT2D eigenvalue weighted by Crippen LogP contribution is 2.12. The van der Waals surface area contributed by atoms with Gasteiger partial charge in [0.1, 0.15) is 11.5 Å². The zero-order valence-corrected chi connectivity index (χ0v) is 16.0. The van der Waals surface area contributed by atoms with E-state index < -0.39 is 0 Å². The molecule has 4 nitrogen and oxygen atoms in total. The summed E-state index contributed by atoms with van der Waals surface area (Å²) in [5.74, 6) is -0.495. The first-order chi connectivity index (χ1) is 13.6. The van der Waals surface area contributed by atoms with Crippen molar-refractivity contribution in [3.8, 4) is 0 Å². The third kappa shape index (κ3) is 6.06. The van der Waals surface area contributed by atoms with Crippen LogP contribution in [0.5, 0.6) is 0 Å². The molecule has 0 aliphatic rings. The van der Waals surface area contributed by atoms with Crippen molar-refractivity contribution in [3.05, 3.63) is 94.5 Å². The first-order valence-corrected chi connectivity index (χ1v) is 9.45. The second-order valence-electron chi connectivity index (χ2n) is 6.37. The van der Waals surface area contributed by atoms with E-state index in [4.69, 9.17) is 11.6 Å². The van der Waals surface area contributed by atoms with Crippen molar-refractivity contribution in [1.29, 1.82) is 0 Å². The highest BCUT2D eigenvalue weighted by atomic mass is 35.5. The standard InChI is InChI=1S/C22H21ClFN3O/c23-18-3-1-2-17(14-18)11-12-25-20-8-9-21(27-15-20)22(28)26-13-10-16-4-6-19(24)7-5-16/h1-9,14-15,25H,10-13H2,(H,26,28). The number of nitrogens with one attached hydrogen (secondary N) is 2. The van der Waals surface area contributed by atoms with Crippen LogP contribution >= 0.6 is 11.6 Å². The lowest BCUT2D eigenvalue weighted by atomic mass is 10.1. The average molecular weight is 398 g/mol. The Balaban J connectivity index is 1.42. The molecular weight excluding hydrogens is 377 g/mol. The Bertz CT molecular complexity index is 914. The van der Waals surface area contributed by atoms with E-state index in [1.165, 1.54) is 12.1 Å². The summed E-state index contributed by atoms with van der Waals surface area (Å²) in [5, 5.41) is 6.83. The minimum absolute atomic E-state index is 0.229. The fourth-order valence-electron chi connectivity index (χ4n) is 2.74. The number of carbonyl (C=O) groups excluding carboxylic acids is 1. The molecule has 0 unspecified atom stereocenters. The number of pyridine rings is 1. The van der Waals surface area contributed by atoms with E-state index in [2.05, 4.69) is 15.6 Å².